The summed E-state index contributed by atoms with van der Waals surface area (Å²) in [5.41, 5.74) is 0.386. The van der Waals surface area contributed by atoms with Crippen LogP contribution in [0.1, 0.15) is 32.3 Å². The van der Waals surface area contributed by atoms with Crippen LogP contribution in [-0.4, -0.2) is 46.3 Å². The first-order valence-electron chi connectivity index (χ1n) is 7.28. The maximum Gasteiger partial charge on any atom is 0.355 e. The number of nitrogens with zero attached hydrogens (tertiary/aromatic N) is 2. The van der Waals surface area contributed by atoms with E-state index >= 15 is 0 Å². The number of thiazole rings is 1. The Hall–Kier alpha value is -2.52. The molecule has 0 unspecified atom stereocenters. The van der Waals surface area contributed by atoms with Gasteiger partial charge in [-0.1, -0.05) is 0 Å². The van der Waals surface area contributed by atoms with E-state index in [4.69, 9.17) is 14.6 Å². The van der Waals surface area contributed by atoms with Crippen molar-refractivity contribution in [3.63, 3.8) is 0 Å². The number of hydrogen-bond donors (Lipinski definition) is 2. The van der Waals surface area contributed by atoms with Gasteiger partial charge in [0.05, 0.1) is 19.8 Å². The smallest absolute Gasteiger partial charge is 0.355 e. The third-order valence-electron chi connectivity index (χ3n) is 3.34. The van der Waals surface area contributed by atoms with Crippen molar-refractivity contribution in [2.75, 3.05) is 13.2 Å². The maximum absolute atomic E-state index is 12.2. The number of nitrogens with one attached hydrogen (secondary N) is 1. The molecule has 0 bridgehead atoms. The van der Waals surface area contributed by atoms with Crippen molar-refractivity contribution in [1.29, 1.82) is 0 Å². The molecule has 1 aliphatic heterocycles. The maximum atomic E-state index is 12.2. The minimum absolute atomic E-state index is 0.0253. The molecule has 1 atom stereocenters. The number of ether oxygens (including phenoxy) is 2. The van der Waals surface area contributed by atoms with Gasteiger partial charge < -0.3 is 19.9 Å². The van der Waals surface area contributed by atoms with Crippen molar-refractivity contribution in [2.45, 2.75) is 19.1 Å². The van der Waals surface area contributed by atoms with Gasteiger partial charge in [0.2, 0.25) is 5.88 Å². The Morgan fingerprint density at radius 2 is 2.38 bits per heavy atom. The Bertz CT molecular complexity index is 742. The summed E-state index contributed by atoms with van der Waals surface area (Å²) in [4.78, 5) is 31.0. The zero-order valence-electron chi connectivity index (χ0n) is 12.6. The molecule has 0 radical (unpaired) electrons. The topological polar surface area (TPSA) is 111 Å². The first kappa shape index (κ1) is 16.3. The lowest BCUT2D eigenvalue weighted by atomic mass is 10.2. The van der Waals surface area contributed by atoms with Gasteiger partial charge in [0.15, 0.2) is 5.69 Å². The summed E-state index contributed by atoms with van der Waals surface area (Å²) in [5.74, 6) is -1.02. The fourth-order valence-electron chi connectivity index (χ4n) is 2.14. The van der Waals surface area contributed by atoms with E-state index < -0.39 is 5.97 Å². The van der Waals surface area contributed by atoms with E-state index in [1.165, 1.54) is 22.9 Å². The molecule has 24 heavy (non-hydrogen) atoms. The van der Waals surface area contributed by atoms with Crippen molar-refractivity contribution in [3.05, 3.63) is 40.0 Å². The fraction of sp³-hybridized carbons (Fsp3) is 0.333. The second kappa shape index (κ2) is 7.37. The van der Waals surface area contributed by atoms with Crippen LogP contribution in [-0.2, 0) is 11.3 Å². The van der Waals surface area contributed by atoms with Gasteiger partial charge in [0.25, 0.3) is 5.91 Å². The van der Waals surface area contributed by atoms with Crippen molar-refractivity contribution in [3.8, 4) is 5.88 Å². The second-order valence-corrected chi connectivity index (χ2v) is 6.04. The Labute approximate surface area is 141 Å². The van der Waals surface area contributed by atoms with Crippen LogP contribution in [0.25, 0.3) is 0 Å². The lowest BCUT2D eigenvalue weighted by molar-refractivity contribution is 0.0691. The Morgan fingerprint density at radius 3 is 3.08 bits per heavy atom. The molecule has 0 saturated carbocycles. The molecular weight excluding hydrogens is 334 g/mol. The number of carbonyl (C=O) groups is 2. The van der Waals surface area contributed by atoms with Crippen molar-refractivity contribution < 1.29 is 24.2 Å². The predicted octanol–water partition coefficient (Wildman–Crippen LogP) is 1.33. The minimum Gasteiger partial charge on any atom is -0.476 e. The van der Waals surface area contributed by atoms with Gasteiger partial charge >= 0.3 is 5.97 Å². The average molecular weight is 349 g/mol. The van der Waals surface area contributed by atoms with Gasteiger partial charge in [-0.05, 0) is 6.07 Å². The number of pyridine rings is 1. The zero-order valence-corrected chi connectivity index (χ0v) is 13.4. The molecule has 3 heterocycles. The average Bonchev–Trinajstić information content (AvgIpc) is 3.24. The van der Waals surface area contributed by atoms with Gasteiger partial charge in [-0.2, -0.15) is 0 Å². The number of carbonyl (C=O) groups excluding carboxylic acids is 1. The summed E-state index contributed by atoms with van der Waals surface area (Å²) >= 11 is 1.18. The van der Waals surface area contributed by atoms with Gasteiger partial charge in [0, 0.05) is 29.6 Å². The van der Waals surface area contributed by atoms with Gasteiger partial charge in [-0.15, -0.1) is 11.3 Å². The Balaban J connectivity index is 1.58. The fourth-order valence-corrected chi connectivity index (χ4v) is 2.85. The lowest BCUT2D eigenvalue weighted by Gasteiger charge is -2.11. The SMILES string of the molecule is O=C(NCc1nc(C(=O)O)cs1)c1ccnc(O[C@@H]2CCOC2)c1. The van der Waals surface area contributed by atoms with Crippen LogP contribution in [0.15, 0.2) is 23.7 Å². The van der Waals surface area contributed by atoms with Gasteiger partial charge in [-0.3, -0.25) is 4.79 Å². The van der Waals surface area contributed by atoms with Crippen LogP contribution in [0.2, 0.25) is 0 Å². The summed E-state index contributed by atoms with van der Waals surface area (Å²) < 4.78 is 10.9. The van der Waals surface area contributed by atoms with E-state index in [0.29, 0.717) is 29.7 Å². The third-order valence-corrected chi connectivity index (χ3v) is 4.19. The number of amides is 1. The van der Waals surface area contributed by atoms with Crippen LogP contribution in [0.3, 0.4) is 0 Å². The summed E-state index contributed by atoms with van der Waals surface area (Å²) in [6.45, 7) is 1.34. The Kier molecular flexibility index (Phi) is 5.02. The molecule has 1 amide bonds. The van der Waals surface area contributed by atoms with Crippen LogP contribution >= 0.6 is 11.3 Å². The van der Waals surface area contributed by atoms with Crippen molar-refractivity contribution >= 4 is 23.2 Å². The molecule has 0 spiro atoms. The monoisotopic (exact) mass is 349 g/mol. The van der Waals surface area contributed by atoms with Crippen LogP contribution < -0.4 is 10.1 Å². The molecule has 2 N–H and O–H groups in total. The number of carboxylic acid groups (broad SMARTS) is 1. The largest absolute Gasteiger partial charge is 0.476 e. The van der Waals surface area contributed by atoms with Gasteiger partial charge in [-0.25, -0.2) is 14.8 Å². The summed E-state index contributed by atoms with van der Waals surface area (Å²) in [6, 6.07) is 3.15. The van der Waals surface area contributed by atoms with Crippen molar-refractivity contribution in [2.24, 2.45) is 0 Å². The van der Waals surface area contributed by atoms with E-state index in [9.17, 15) is 9.59 Å². The molecule has 1 fully saturated rings. The molecule has 1 saturated heterocycles. The van der Waals surface area contributed by atoms with Gasteiger partial charge in [0.1, 0.15) is 11.1 Å². The lowest BCUT2D eigenvalue weighted by Crippen LogP contribution is -2.23. The van der Waals surface area contributed by atoms with E-state index in [1.54, 1.807) is 12.1 Å². The molecule has 0 aliphatic carbocycles. The van der Waals surface area contributed by atoms with E-state index in [2.05, 4.69) is 15.3 Å². The first-order chi connectivity index (χ1) is 11.6. The van der Waals surface area contributed by atoms with Crippen LogP contribution in [0.5, 0.6) is 5.88 Å². The van der Waals surface area contributed by atoms with E-state index in [1.807, 2.05) is 0 Å². The molecule has 3 rings (SSSR count). The van der Waals surface area contributed by atoms with Crippen LogP contribution in [0.4, 0.5) is 0 Å². The highest BCUT2D eigenvalue weighted by atomic mass is 32.1. The normalized spacial score (nSPS) is 16.8. The summed E-state index contributed by atoms with van der Waals surface area (Å²) in [6.07, 6.45) is 2.26. The molecule has 126 valence electrons. The summed E-state index contributed by atoms with van der Waals surface area (Å²) in [5, 5.41) is 13.5. The molecule has 2 aromatic rings. The molecule has 0 aromatic carbocycles. The first-order valence-corrected chi connectivity index (χ1v) is 8.16. The highest BCUT2D eigenvalue weighted by molar-refractivity contribution is 7.09. The quantitative estimate of drug-likeness (QED) is 0.809. The number of carboxylic acids is 1. The highest BCUT2D eigenvalue weighted by Crippen LogP contribution is 2.16. The Morgan fingerprint density at radius 1 is 1.50 bits per heavy atom. The van der Waals surface area contributed by atoms with Crippen LogP contribution in [0, 0.1) is 0 Å². The number of aromatic nitrogens is 2. The highest BCUT2D eigenvalue weighted by Gasteiger charge is 2.18. The van der Waals surface area contributed by atoms with E-state index in [-0.39, 0.29) is 24.2 Å². The number of rotatable bonds is 6. The molecule has 2 aromatic heterocycles. The predicted molar refractivity (Wildman–Crippen MR) is 84.3 cm³/mol. The second-order valence-electron chi connectivity index (χ2n) is 5.10. The molecule has 9 heteroatoms. The standard InChI is InChI=1S/C15H15N3O5S/c19-14(17-6-13-18-11(8-24-13)15(20)21)9-1-3-16-12(5-9)23-10-2-4-22-7-10/h1,3,5,8,10H,2,4,6-7H2,(H,17,19)(H,20,21)/t10-/m1/s1. The minimum atomic E-state index is -1.09. The molecule has 1 aliphatic rings. The summed E-state index contributed by atoms with van der Waals surface area (Å²) in [7, 11) is 0. The molecular formula is C15H15N3O5S. The van der Waals surface area contributed by atoms with Crippen molar-refractivity contribution in [1.82, 2.24) is 15.3 Å². The van der Waals surface area contributed by atoms with E-state index in [0.717, 1.165) is 6.42 Å². The number of hydrogen-bond acceptors (Lipinski definition) is 7. The zero-order chi connectivity index (χ0) is 16.9. The number of aromatic carboxylic acids is 1. The third kappa shape index (κ3) is 4.06. The molecule has 8 nitrogen and oxygen atoms in total.